The van der Waals surface area contributed by atoms with Crippen LogP contribution in [-0.2, 0) is 0 Å². The van der Waals surface area contributed by atoms with Crippen LogP contribution >= 0.6 is 0 Å². The maximum absolute atomic E-state index is 3.69. The van der Waals surface area contributed by atoms with E-state index in [0.717, 1.165) is 18.0 Å². The minimum absolute atomic E-state index is 0.794. The van der Waals surface area contributed by atoms with Gasteiger partial charge in [0.05, 0.1) is 0 Å². The molecule has 0 bridgehead atoms. The van der Waals surface area contributed by atoms with E-state index in [9.17, 15) is 0 Å². The van der Waals surface area contributed by atoms with Crippen LogP contribution in [0.15, 0.2) is 0 Å². The van der Waals surface area contributed by atoms with E-state index < -0.39 is 0 Å². The van der Waals surface area contributed by atoms with Crippen molar-refractivity contribution in [2.45, 2.75) is 64.5 Å². The first-order chi connectivity index (χ1) is 7.83. The maximum Gasteiger partial charge on any atom is 0.0218 e. The van der Waals surface area contributed by atoms with E-state index in [2.05, 4.69) is 24.1 Å². The van der Waals surface area contributed by atoms with E-state index in [1.807, 2.05) is 0 Å². The van der Waals surface area contributed by atoms with Crippen LogP contribution in [0.1, 0.15) is 52.4 Å². The number of rotatable bonds is 7. The summed E-state index contributed by atoms with van der Waals surface area (Å²) in [5.74, 6) is 0.986. The number of nitrogens with one attached hydrogen (secondary N) is 1. The Morgan fingerprint density at radius 2 is 2.06 bits per heavy atom. The van der Waals surface area contributed by atoms with Crippen molar-refractivity contribution >= 4 is 0 Å². The van der Waals surface area contributed by atoms with E-state index in [1.54, 1.807) is 0 Å². The molecular formula is C14H28N2. The molecule has 2 nitrogen and oxygen atoms in total. The van der Waals surface area contributed by atoms with Gasteiger partial charge in [0.15, 0.2) is 0 Å². The van der Waals surface area contributed by atoms with Gasteiger partial charge in [-0.2, -0.15) is 0 Å². The number of hydrogen-bond acceptors (Lipinski definition) is 2. The first kappa shape index (κ1) is 12.4. The zero-order chi connectivity index (χ0) is 11.4. The van der Waals surface area contributed by atoms with Crippen molar-refractivity contribution < 1.29 is 0 Å². The van der Waals surface area contributed by atoms with Gasteiger partial charge in [0.1, 0.15) is 0 Å². The fourth-order valence-electron chi connectivity index (χ4n) is 2.96. The molecule has 2 aliphatic rings. The van der Waals surface area contributed by atoms with Gasteiger partial charge in [0.2, 0.25) is 0 Å². The lowest BCUT2D eigenvalue weighted by molar-refractivity contribution is 0.219. The SMILES string of the molecule is CCCC1CCN(C(CC)CNC2CC2)C1. The average molecular weight is 224 g/mol. The first-order valence-corrected chi connectivity index (χ1v) is 7.30. The summed E-state index contributed by atoms with van der Waals surface area (Å²) in [6.45, 7) is 8.58. The van der Waals surface area contributed by atoms with E-state index in [1.165, 1.54) is 58.2 Å². The lowest BCUT2D eigenvalue weighted by Crippen LogP contribution is -2.41. The van der Waals surface area contributed by atoms with Crippen LogP contribution in [0, 0.1) is 5.92 Å². The Balaban J connectivity index is 1.71. The zero-order valence-corrected chi connectivity index (χ0v) is 11.0. The van der Waals surface area contributed by atoms with Crippen LogP contribution in [0.2, 0.25) is 0 Å². The molecule has 2 atom stereocenters. The molecule has 0 radical (unpaired) electrons. The quantitative estimate of drug-likeness (QED) is 0.715. The van der Waals surface area contributed by atoms with E-state index in [0.29, 0.717) is 0 Å². The molecule has 1 saturated carbocycles. The topological polar surface area (TPSA) is 15.3 Å². The van der Waals surface area contributed by atoms with Gasteiger partial charge in [-0.3, -0.25) is 4.90 Å². The summed E-state index contributed by atoms with van der Waals surface area (Å²) in [5, 5.41) is 3.69. The molecule has 1 heterocycles. The molecule has 1 N–H and O–H groups in total. The van der Waals surface area contributed by atoms with Crippen LogP contribution < -0.4 is 5.32 Å². The molecule has 1 aliphatic carbocycles. The highest BCUT2D eigenvalue weighted by Crippen LogP contribution is 2.24. The van der Waals surface area contributed by atoms with Gasteiger partial charge in [-0.25, -0.2) is 0 Å². The predicted octanol–water partition coefficient (Wildman–Crippen LogP) is 2.64. The van der Waals surface area contributed by atoms with Gasteiger partial charge in [-0.15, -0.1) is 0 Å². The molecule has 16 heavy (non-hydrogen) atoms. The Morgan fingerprint density at radius 3 is 2.69 bits per heavy atom. The third-order valence-corrected chi connectivity index (χ3v) is 4.22. The Kier molecular flexibility index (Phi) is 4.66. The highest BCUT2D eigenvalue weighted by molar-refractivity contribution is 4.86. The number of hydrogen-bond donors (Lipinski definition) is 1. The lowest BCUT2D eigenvalue weighted by Gasteiger charge is -2.27. The highest BCUT2D eigenvalue weighted by Gasteiger charge is 2.28. The number of likely N-dealkylation sites (tertiary alicyclic amines) is 1. The highest BCUT2D eigenvalue weighted by atomic mass is 15.2. The normalized spacial score (nSPS) is 28.5. The van der Waals surface area contributed by atoms with Crippen LogP contribution in [0.25, 0.3) is 0 Å². The summed E-state index contributed by atoms with van der Waals surface area (Å²) in [7, 11) is 0. The Morgan fingerprint density at radius 1 is 1.25 bits per heavy atom. The maximum atomic E-state index is 3.69. The largest absolute Gasteiger partial charge is 0.312 e. The molecule has 0 spiro atoms. The third-order valence-electron chi connectivity index (χ3n) is 4.22. The van der Waals surface area contributed by atoms with Crippen molar-refractivity contribution in [1.82, 2.24) is 10.2 Å². The standard InChI is InChI=1S/C14H28N2/c1-3-5-12-8-9-16(11-12)14(4-2)10-15-13-6-7-13/h12-15H,3-11H2,1-2H3. The molecule has 0 aromatic carbocycles. The summed E-state index contributed by atoms with van der Waals surface area (Å²) in [6.07, 6.45) is 8.36. The summed E-state index contributed by atoms with van der Waals surface area (Å²) in [5.41, 5.74) is 0. The molecule has 0 amide bonds. The Hall–Kier alpha value is -0.0800. The van der Waals surface area contributed by atoms with Gasteiger partial charge in [0.25, 0.3) is 0 Å². The lowest BCUT2D eigenvalue weighted by atomic mass is 10.0. The molecule has 2 heteroatoms. The van der Waals surface area contributed by atoms with Crippen LogP contribution in [0.4, 0.5) is 0 Å². The zero-order valence-electron chi connectivity index (χ0n) is 11.0. The summed E-state index contributed by atoms with van der Waals surface area (Å²) in [4.78, 5) is 2.73. The van der Waals surface area contributed by atoms with Crippen LogP contribution in [0.5, 0.6) is 0 Å². The first-order valence-electron chi connectivity index (χ1n) is 7.30. The molecule has 2 fully saturated rings. The molecule has 0 aromatic rings. The fourth-order valence-corrected chi connectivity index (χ4v) is 2.96. The van der Waals surface area contributed by atoms with Crippen molar-refractivity contribution in [2.24, 2.45) is 5.92 Å². The van der Waals surface area contributed by atoms with Gasteiger partial charge >= 0.3 is 0 Å². The van der Waals surface area contributed by atoms with Gasteiger partial charge in [-0.1, -0.05) is 20.3 Å². The molecule has 1 saturated heterocycles. The summed E-state index contributed by atoms with van der Waals surface area (Å²) in [6, 6.07) is 1.66. The second kappa shape index (κ2) is 6.02. The predicted molar refractivity (Wildman–Crippen MR) is 69.7 cm³/mol. The Labute approximate surface area is 101 Å². The van der Waals surface area contributed by atoms with Crippen molar-refractivity contribution in [2.75, 3.05) is 19.6 Å². The van der Waals surface area contributed by atoms with E-state index >= 15 is 0 Å². The smallest absolute Gasteiger partial charge is 0.0218 e. The van der Waals surface area contributed by atoms with Crippen LogP contribution in [0.3, 0.4) is 0 Å². The van der Waals surface area contributed by atoms with Crippen molar-refractivity contribution in [3.05, 3.63) is 0 Å². The second-order valence-corrected chi connectivity index (χ2v) is 5.68. The summed E-state index contributed by atoms with van der Waals surface area (Å²) < 4.78 is 0. The minimum atomic E-state index is 0.794. The van der Waals surface area contributed by atoms with Crippen LogP contribution in [-0.4, -0.2) is 36.6 Å². The second-order valence-electron chi connectivity index (χ2n) is 5.68. The van der Waals surface area contributed by atoms with E-state index in [-0.39, 0.29) is 0 Å². The molecule has 2 unspecified atom stereocenters. The third kappa shape index (κ3) is 3.46. The molecule has 1 aliphatic heterocycles. The molecule has 0 aromatic heterocycles. The van der Waals surface area contributed by atoms with E-state index in [4.69, 9.17) is 0 Å². The summed E-state index contributed by atoms with van der Waals surface area (Å²) >= 11 is 0. The Bertz CT molecular complexity index is 201. The fraction of sp³-hybridized carbons (Fsp3) is 1.00. The number of nitrogens with zero attached hydrogens (tertiary/aromatic N) is 1. The average Bonchev–Trinajstić information content (AvgIpc) is 3.00. The van der Waals surface area contributed by atoms with Crippen molar-refractivity contribution in [3.63, 3.8) is 0 Å². The molecule has 94 valence electrons. The van der Waals surface area contributed by atoms with Crippen molar-refractivity contribution in [3.8, 4) is 0 Å². The van der Waals surface area contributed by atoms with Crippen molar-refractivity contribution in [1.29, 1.82) is 0 Å². The monoisotopic (exact) mass is 224 g/mol. The molecular weight excluding hydrogens is 196 g/mol. The van der Waals surface area contributed by atoms with Gasteiger partial charge < -0.3 is 5.32 Å². The van der Waals surface area contributed by atoms with Gasteiger partial charge in [0, 0.05) is 25.2 Å². The minimum Gasteiger partial charge on any atom is -0.312 e. The molecule has 2 rings (SSSR count). The van der Waals surface area contributed by atoms with Gasteiger partial charge in [-0.05, 0) is 44.6 Å².